The molecule has 1 aliphatic rings. The van der Waals surface area contributed by atoms with Crippen molar-refractivity contribution in [1.82, 2.24) is 14.7 Å². The first-order valence-electron chi connectivity index (χ1n) is 6.68. The van der Waals surface area contributed by atoms with Crippen molar-refractivity contribution in [2.45, 2.75) is 52.2 Å². The number of hydrogen-bond donors (Lipinski definition) is 0. The lowest BCUT2D eigenvalue weighted by molar-refractivity contribution is 0.278. The Balaban J connectivity index is 2.25. The minimum absolute atomic E-state index is 0.0858. The van der Waals surface area contributed by atoms with E-state index in [4.69, 9.17) is 0 Å². The second-order valence-electron chi connectivity index (χ2n) is 6.40. The van der Waals surface area contributed by atoms with E-state index in [2.05, 4.69) is 37.7 Å². The van der Waals surface area contributed by atoms with Crippen LogP contribution in [-0.4, -0.2) is 33.9 Å². The first-order valence-corrected chi connectivity index (χ1v) is 6.68. The fourth-order valence-electron chi connectivity index (χ4n) is 2.90. The van der Waals surface area contributed by atoms with Crippen molar-refractivity contribution in [2.24, 2.45) is 7.05 Å². The molecule has 0 bridgehead atoms. The number of alkyl halides is 1. The van der Waals surface area contributed by atoms with Gasteiger partial charge in [0, 0.05) is 37.9 Å². The molecule has 0 saturated carbocycles. The van der Waals surface area contributed by atoms with Gasteiger partial charge in [-0.25, -0.2) is 4.39 Å². The number of halogens is 1. The molecular weight excluding hydrogens is 229 g/mol. The van der Waals surface area contributed by atoms with Crippen molar-refractivity contribution in [2.75, 3.05) is 13.1 Å². The molecule has 0 aliphatic carbocycles. The third-order valence-corrected chi connectivity index (χ3v) is 3.74. The monoisotopic (exact) mass is 253 g/mol. The molecule has 1 atom stereocenters. The van der Waals surface area contributed by atoms with Crippen LogP contribution in [0.4, 0.5) is 4.39 Å². The number of aromatic nitrogens is 2. The molecule has 0 amide bonds. The maximum Gasteiger partial charge on any atom is 0.114 e. The van der Waals surface area contributed by atoms with Crippen molar-refractivity contribution in [1.29, 1.82) is 0 Å². The summed E-state index contributed by atoms with van der Waals surface area (Å²) >= 11 is 0. The molecule has 2 rings (SSSR count). The highest BCUT2D eigenvalue weighted by atomic mass is 19.1. The van der Waals surface area contributed by atoms with Crippen LogP contribution >= 0.6 is 0 Å². The summed E-state index contributed by atoms with van der Waals surface area (Å²) in [5, 5.41) is 4.62. The second kappa shape index (κ2) is 4.65. The van der Waals surface area contributed by atoms with E-state index in [1.165, 1.54) is 11.3 Å². The van der Waals surface area contributed by atoms with Crippen molar-refractivity contribution in [3.05, 3.63) is 17.0 Å². The quantitative estimate of drug-likeness (QED) is 0.807. The molecule has 102 valence electrons. The Morgan fingerprint density at radius 1 is 1.39 bits per heavy atom. The molecule has 1 aromatic rings. The molecule has 0 radical (unpaired) electrons. The van der Waals surface area contributed by atoms with Crippen molar-refractivity contribution < 1.29 is 4.39 Å². The summed E-state index contributed by atoms with van der Waals surface area (Å²) in [5.41, 5.74) is 3.72. The van der Waals surface area contributed by atoms with E-state index in [1.807, 2.05) is 11.7 Å². The average Bonchev–Trinajstić information content (AvgIpc) is 2.72. The predicted molar refractivity (Wildman–Crippen MR) is 71.4 cm³/mol. The predicted octanol–water partition coefficient (Wildman–Crippen LogP) is 2.57. The van der Waals surface area contributed by atoms with Gasteiger partial charge in [-0.3, -0.25) is 9.58 Å². The Morgan fingerprint density at radius 2 is 2.06 bits per heavy atom. The summed E-state index contributed by atoms with van der Waals surface area (Å²) in [6.07, 6.45) is 0.00400. The van der Waals surface area contributed by atoms with Gasteiger partial charge in [0.1, 0.15) is 6.17 Å². The van der Waals surface area contributed by atoms with E-state index in [-0.39, 0.29) is 5.41 Å². The first kappa shape index (κ1) is 13.5. The molecule has 0 N–H and O–H groups in total. The van der Waals surface area contributed by atoms with Gasteiger partial charge in [0.15, 0.2) is 0 Å². The molecule has 0 unspecified atom stereocenters. The van der Waals surface area contributed by atoms with Crippen LogP contribution in [0, 0.1) is 6.92 Å². The van der Waals surface area contributed by atoms with Crippen LogP contribution in [0.5, 0.6) is 0 Å². The van der Waals surface area contributed by atoms with Crippen molar-refractivity contribution in [3.8, 4) is 0 Å². The molecule has 4 heteroatoms. The third kappa shape index (κ3) is 2.58. The van der Waals surface area contributed by atoms with Crippen LogP contribution in [-0.2, 0) is 19.0 Å². The topological polar surface area (TPSA) is 21.1 Å². The van der Waals surface area contributed by atoms with Gasteiger partial charge in [-0.2, -0.15) is 5.10 Å². The zero-order valence-electron chi connectivity index (χ0n) is 12.1. The number of likely N-dealkylation sites (tertiary alicyclic amines) is 1. The molecule has 0 spiro atoms. The van der Waals surface area contributed by atoms with E-state index in [0.29, 0.717) is 13.0 Å². The van der Waals surface area contributed by atoms with Crippen molar-refractivity contribution in [3.63, 3.8) is 0 Å². The zero-order valence-corrected chi connectivity index (χ0v) is 12.1. The first-order chi connectivity index (χ1) is 8.29. The van der Waals surface area contributed by atoms with Gasteiger partial charge in [-0.15, -0.1) is 0 Å². The lowest BCUT2D eigenvalue weighted by Gasteiger charge is -2.22. The highest BCUT2D eigenvalue weighted by Crippen LogP contribution is 2.30. The number of rotatable bonds is 2. The van der Waals surface area contributed by atoms with E-state index < -0.39 is 6.17 Å². The van der Waals surface area contributed by atoms with Crippen molar-refractivity contribution >= 4 is 0 Å². The molecule has 3 nitrogen and oxygen atoms in total. The van der Waals surface area contributed by atoms with Crippen LogP contribution in [0.1, 0.15) is 44.1 Å². The zero-order chi connectivity index (χ0) is 13.5. The van der Waals surface area contributed by atoms with E-state index >= 15 is 0 Å². The van der Waals surface area contributed by atoms with Crippen LogP contribution in [0.15, 0.2) is 0 Å². The molecule has 2 heterocycles. The van der Waals surface area contributed by atoms with Gasteiger partial charge in [-0.1, -0.05) is 20.8 Å². The Labute approximate surface area is 109 Å². The lowest BCUT2D eigenvalue weighted by atomic mass is 9.85. The van der Waals surface area contributed by atoms with Gasteiger partial charge in [0.2, 0.25) is 0 Å². The van der Waals surface area contributed by atoms with Gasteiger partial charge < -0.3 is 0 Å². The number of hydrogen-bond acceptors (Lipinski definition) is 2. The lowest BCUT2D eigenvalue weighted by Crippen LogP contribution is -2.23. The normalized spacial score (nSPS) is 21.8. The summed E-state index contributed by atoms with van der Waals surface area (Å²) < 4.78 is 15.2. The standard InChI is InChI=1S/C14H24FN3/c1-10-13(14(2,3)4)12(16-17(10)5)9-18-7-6-11(15)8-18/h11H,6-9H2,1-5H3/t11-/m0/s1. The Hall–Kier alpha value is -0.900. The van der Waals surface area contributed by atoms with Gasteiger partial charge in [0.05, 0.1) is 5.69 Å². The maximum atomic E-state index is 13.2. The highest BCUT2D eigenvalue weighted by Gasteiger charge is 2.28. The second-order valence-corrected chi connectivity index (χ2v) is 6.40. The van der Waals surface area contributed by atoms with Crippen LogP contribution in [0.3, 0.4) is 0 Å². The summed E-state index contributed by atoms with van der Waals surface area (Å²) in [5.74, 6) is 0. The smallest absolute Gasteiger partial charge is 0.114 e. The van der Waals surface area contributed by atoms with Crippen LogP contribution in [0.25, 0.3) is 0 Å². The largest absolute Gasteiger partial charge is 0.294 e. The fourth-order valence-corrected chi connectivity index (χ4v) is 2.90. The average molecular weight is 253 g/mol. The van der Waals surface area contributed by atoms with E-state index in [0.717, 1.165) is 18.8 Å². The summed E-state index contributed by atoms with van der Waals surface area (Å²) in [4.78, 5) is 2.17. The molecule has 1 aliphatic heterocycles. The number of aryl methyl sites for hydroxylation is 1. The molecule has 1 aromatic heterocycles. The summed E-state index contributed by atoms with van der Waals surface area (Å²) in [7, 11) is 1.98. The Morgan fingerprint density at radius 3 is 2.56 bits per heavy atom. The fraction of sp³-hybridized carbons (Fsp3) is 0.786. The molecular formula is C14H24FN3. The summed E-state index contributed by atoms with van der Waals surface area (Å²) in [6, 6.07) is 0. The third-order valence-electron chi connectivity index (χ3n) is 3.74. The maximum absolute atomic E-state index is 13.2. The molecule has 1 fully saturated rings. The van der Waals surface area contributed by atoms with Gasteiger partial charge in [0.25, 0.3) is 0 Å². The molecule has 18 heavy (non-hydrogen) atoms. The van der Waals surface area contributed by atoms with E-state index in [1.54, 1.807) is 0 Å². The SMILES string of the molecule is Cc1c(C(C)(C)C)c(CN2CC[C@H](F)C2)nn1C. The summed E-state index contributed by atoms with van der Waals surface area (Å²) in [6.45, 7) is 10.9. The number of nitrogens with zero attached hydrogens (tertiary/aromatic N) is 3. The van der Waals surface area contributed by atoms with Crippen LogP contribution in [0.2, 0.25) is 0 Å². The molecule has 1 saturated heterocycles. The van der Waals surface area contributed by atoms with Crippen LogP contribution < -0.4 is 0 Å². The van der Waals surface area contributed by atoms with Gasteiger partial charge in [-0.05, 0) is 18.8 Å². The Kier molecular flexibility index (Phi) is 3.49. The van der Waals surface area contributed by atoms with E-state index in [9.17, 15) is 4.39 Å². The van der Waals surface area contributed by atoms with Gasteiger partial charge >= 0.3 is 0 Å². The minimum atomic E-state index is -0.659. The minimum Gasteiger partial charge on any atom is -0.294 e. The Bertz CT molecular complexity index is 431. The highest BCUT2D eigenvalue weighted by molar-refractivity contribution is 5.32. The molecule has 0 aromatic carbocycles.